The Bertz CT molecular complexity index is 1220. The number of nitrogens with one attached hydrogen (secondary N) is 2. The Hall–Kier alpha value is -1.97. The maximum Gasteiger partial charge on any atom is 0.428 e. The number of hydroxylamine groups is 1. The van der Waals surface area contributed by atoms with Gasteiger partial charge < -0.3 is 5.32 Å². The Morgan fingerprint density at radius 3 is 1.92 bits per heavy atom. The van der Waals surface area contributed by atoms with E-state index in [-0.39, 0.29) is 34.5 Å². The summed E-state index contributed by atoms with van der Waals surface area (Å²) in [6.07, 6.45) is -16.0. The molecule has 16 heteroatoms. The minimum atomic E-state index is -5.50. The summed E-state index contributed by atoms with van der Waals surface area (Å²) in [5.74, 6) is -0.579. The molecule has 0 fully saturated rings. The highest BCUT2D eigenvalue weighted by Crippen LogP contribution is 2.49. The summed E-state index contributed by atoms with van der Waals surface area (Å²) < 4.78 is 121. The van der Waals surface area contributed by atoms with Crippen LogP contribution in [-0.2, 0) is 27.6 Å². The second kappa shape index (κ2) is 9.65. The molecule has 1 amide bonds. The maximum atomic E-state index is 14.2. The predicted octanol–water partition coefficient (Wildman–Crippen LogP) is 8.16. The Balaban J connectivity index is 2.12. The molecule has 0 saturated heterocycles. The van der Waals surface area contributed by atoms with E-state index < -0.39 is 55.7 Å². The molecule has 4 nitrogen and oxygen atoms in total. The van der Waals surface area contributed by atoms with Crippen LogP contribution in [0.25, 0.3) is 5.70 Å². The summed E-state index contributed by atoms with van der Waals surface area (Å²) in [5.41, 5.74) is -7.59. The summed E-state index contributed by atoms with van der Waals surface area (Å²) in [6, 6.07) is 3.11. The Labute approximate surface area is 224 Å². The van der Waals surface area contributed by atoms with Crippen LogP contribution in [0.5, 0.6) is 0 Å². The maximum absolute atomic E-state index is 14.2. The van der Waals surface area contributed by atoms with Gasteiger partial charge >= 0.3 is 18.5 Å². The van der Waals surface area contributed by atoms with E-state index in [9.17, 15) is 44.3 Å². The summed E-state index contributed by atoms with van der Waals surface area (Å²) in [7, 11) is 0. The first-order valence-electron chi connectivity index (χ1n) is 9.68. The minimum Gasteiger partial charge on any atom is -0.323 e. The van der Waals surface area contributed by atoms with E-state index in [2.05, 4.69) is 42.0 Å². The van der Waals surface area contributed by atoms with Gasteiger partial charge in [-0.3, -0.25) is 15.1 Å². The average molecular weight is 691 g/mol. The molecule has 0 spiro atoms. The second-order valence-corrected chi connectivity index (χ2v) is 12.5. The van der Waals surface area contributed by atoms with Crippen LogP contribution < -0.4 is 10.8 Å². The molecular weight excluding hydrogens is 678 g/mol. The third kappa shape index (κ3) is 6.20. The SMILES string of the molecule is CC(Br)(Br)C(=O)Nc1ccc(C2=CC(c3cc(C(F)(F)F)cc(C(F)(F)F)c3)(C(F)(F)F)ON2)cc1Cl. The van der Waals surface area contributed by atoms with E-state index in [1.807, 2.05) is 5.48 Å². The molecule has 0 radical (unpaired) electrons. The Morgan fingerprint density at radius 1 is 0.946 bits per heavy atom. The molecule has 0 aliphatic carbocycles. The smallest absolute Gasteiger partial charge is 0.323 e. The van der Waals surface area contributed by atoms with Crippen molar-refractivity contribution in [3.05, 3.63) is 69.8 Å². The monoisotopic (exact) mass is 688 g/mol. The standard InChI is InChI=1S/C21H12Br2ClF9N2O2/c1-17(22,23)16(36)34-14-3-2-9(4-13(14)24)15-8-18(37-35-15,21(31,32)33)10-5-11(19(25,26)27)7-12(6-10)20(28,29)30/h2-8,35H,1H3,(H,34,36). The zero-order valence-corrected chi connectivity index (χ0v) is 21.8. The third-order valence-electron chi connectivity index (χ3n) is 5.03. The zero-order valence-electron chi connectivity index (χ0n) is 17.9. The first kappa shape index (κ1) is 29.6. The largest absolute Gasteiger partial charge is 0.428 e. The number of carbonyl (C=O) groups is 1. The van der Waals surface area contributed by atoms with Gasteiger partial charge in [-0.05, 0) is 43.3 Å². The number of hydrogen-bond acceptors (Lipinski definition) is 3. The fraction of sp³-hybridized carbons (Fsp3) is 0.286. The highest BCUT2D eigenvalue weighted by atomic mass is 79.9. The molecule has 3 rings (SSSR count). The summed E-state index contributed by atoms with van der Waals surface area (Å²) >= 11 is 12.2. The average Bonchev–Trinajstić information content (AvgIpc) is 3.20. The molecule has 1 aliphatic rings. The van der Waals surface area contributed by atoms with Gasteiger partial charge in [0.25, 0.3) is 5.91 Å². The molecule has 0 saturated carbocycles. The van der Waals surface area contributed by atoms with Gasteiger partial charge in [0.05, 0.1) is 27.5 Å². The van der Waals surface area contributed by atoms with E-state index in [1.165, 1.54) is 19.1 Å². The van der Waals surface area contributed by atoms with E-state index in [4.69, 9.17) is 11.6 Å². The van der Waals surface area contributed by atoms with E-state index in [1.54, 1.807) is 0 Å². The number of benzene rings is 2. The molecule has 1 atom stereocenters. The minimum absolute atomic E-state index is 0.0625. The lowest BCUT2D eigenvalue weighted by Gasteiger charge is -2.29. The summed E-state index contributed by atoms with van der Waals surface area (Å²) in [5, 5.41) is 2.31. The van der Waals surface area contributed by atoms with Crippen molar-refractivity contribution in [2.24, 2.45) is 0 Å². The van der Waals surface area contributed by atoms with Crippen LogP contribution in [-0.4, -0.2) is 15.3 Å². The first-order valence-corrected chi connectivity index (χ1v) is 11.6. The highest BCUT2D eigenvalue weighted by molar-refractivity contribution is 9.25. The van der Waals surface area contributed by atoms with Gasteiger partial charge in [-0.1, -0.05) is 49.5 Å². The molecule has 1 heterocycles. The van der Waals surface area contributed by atoms with Crippen LogP contribution in [0.1, 0.15) is 29.2 Å². The van der Waals surface area contributed by atoms with Crippen molar-refractivity contribution in [1.82, 2.24) is 5.48 Å². The third-order valence-corrected chi connectivity index (χ3v) is 6.07. The van der Waals surface area contributed by atoms with Crippen molar-refractivity contribution < 1.29 is 49.1 Å². The van der Waals surface area contributed by atoms with E-state index >= 15 is 0 Å². The van der Waals surface area contributed by atoms with Crippen LogP contribution in [0, 0.1) is 0 Å². The van der Waals surface area contributed by atoms with Gasteiger partial charge in [0.15, 0.2) is 3.23 Å². The normalized spacial score (nSPS) is 18.9. The molecule has 2 aromatic rings. The van der Waals surface area contributed by atoms with Crippen LogP contribution in [0.4, 0.5) is 45.2 Å². The van der Waals surface area contributed by atoms with Crippen LogP contribution in [0.15, 0.2) is 42.5 Å². The molecule has 1 unspecified atom stereocenters. The van der Waals surface area contributed by atoms with Gasteiger partial charge in [-0.25, -0.2) is 0 Å². The highest BCUT2D eigenvalue weighted by Gasteiger charge is 2.60. The van der Waals surface area contributed by atoms with Crippen molar-refractivity contribution in [1.29, 1.82) is 0 Å². The van der Waals surface area contributed by atoms with Gasteiger partial charge in [0.1, 0.15) is 0 Å². The van der Waals surface area contributed by atoms with Crippen molar-refractivity contribution in [3.63, 3.8) is 0 Å². The lowest BCUT2D eigenvalue weighted by Crippen LogP contribution is -2.43. The fourth-order valence-corrected chi connectivity index (χ4v) is 3.60. The van der Waals surface area contributed by atoms with Crippen molar-refractivity contribution in [2.45, 2.75) is 34.3 Å². The number of halogens is 12. The first-order chi connectivity index (χ1) is 16.6. The quantitative estimate of drug-likeness (QED) is 0.252. The van der Waals surface area contributed by atoms with Gasteiger partial charge in [0, 0.05) is 11.1 Å². The van der Waals surface area contributed by atoms with Crippen LogP contribution in [0.2, 0.25) is 5.02 Å². The van der Waals surface area contributed by atoms with Crippen molar-refractivity contribution >= 4 is 60.8 Å². The van der Waals surface area contributed by atoms with Gasteiger partial charge in [0.2, 0.25) is 5.60 Å². The van der Waals surface area contributed by atoms with E-state index in [0.29, 0.717) is 6.08 Å². The number of rotatable bonds is 4. The molecule has 2 N–H and O–H groups in total. The topological polar surface area (TPSA) is 50.4 Å². The molecule has 1 aliphatic heterocycles. The van der Waals surface area contributed by atoms with Crippen LogP contribution in [0.3, 0.4) is 0 Å². The molecule has 37 heavy (non-hydrogen) atoms. The molecule has 0 aromatic heterocycles. The summed E-state index contributed by atoms with van der Waals surface area (Å²) in [6.45, 7) is 1.46. The van der Waals surface area contributed by atoms with Gasteiger partial charge in [-0.2, -0.15) is 39.5 Å². The lowest BCUT2D eigenvalue weighted by molar-refractivity contribution is -0.269. The Morgan fingerprint density at radius 2 is 1.49 bits per heavy atom. The molecule has 202 valence electrons. The predicted molar refractivity (Wildman–Crippen MR) is 123 cm³/mol. The summed E-state index contributed by atoms with van der Waals surface area (Å²) in [4.78, 5) is 16.7. The molecule has 0 bridgehead atoms. The number of alkyl halides is 11. The molecular formula is C21H12Br2ClF9N2O2. The van der Waals surface area contributed by atoms with Gasteiger partial charge in [-0.15, -0.1) is 0 Å². The second-order valence-electron chi connectivity index (χ2n) is 7.83. The zero-order chi connectivity index (χ0) is 28.2. The van der Waals surface area contributed by atoms with E-state index in [0.717, 1.165) is 6.07 Å². The number of amides is 1. The van der Waals surface area contributed by atoms with Crippen molar-refractivity contribution in [2.75, 3.05) is 5.32 Å². The molecule has 2 aromatic carbocycles. The van der Waals surface area contributed by atoms with Crippen LogP contribution >= 0.6 is 43.5 Å². The lowest BCUT2D eigenvalue weighted by atomic mass is 9.88. The number of hydrogen-bond donors (Lipinski definition) is 2. The fourth-order valence-electron chi connectivity index (χ4n) is 3.17. The number of carbonyl (C=O) groups excluding carboxylic acids is 1. The number of anilines is 1. The van der Waals surface area contributed by atoms with Crippen molar-refractivity contribution in [3.8, 4) is 0 Å². The Kier molecular flexibility index (Phi) is 7.71.